The van der Waals surface area contributed by atoms with Gasteiger partial charge in [-0.3, -0.25) is 0 Å². The van der Waals surface area contributed by atoms with Crippen molar-refractivity contribution < 1.29 is 26.2 Å². The van der Waals surface area contributed by atoms with E-state index in [-0.39, 0.29) is 41.1 Å². The van der Waals surface area contributed by atoms with Gasteiger partial charge in [0.25, 0.3) is 0 Å². The Hall–Kier alpha value is 0.803. The van der Waals surface area contributed by atoms with Crippen molar-refractivity contribution in [2.45, 2.75) is 70.6 Å². The van der Waals surface area contributed by atoms with Crippen LogP contribution < -0.4 is 0 Å². The van der Waals surface area contributed by atoms with Crippen molar-refractivity contribution in [3.8, 4) is 0 Å². The molecule has 136 valence electrons. The van der Waals surface area contributed by atoms with Crippen LogP contribution in [0.15, 0.2) is 0 Å². The maximum absolute atomic E-state index is 3.50. The SMILES string of the molecule is C1CCC(C2(C3CCCC3)CCC2)C1.C[N-]C.C[N-]C.[CH3-].[CH3-].[Zr+4]. The van der Waals surface area contributed by atoms with Crippen LogP contribution in [0.3, 0.4) is 0 Å². The molecule has 2 nitrogen and oxygen atoms in total. The van der Waals surface area contributed by atoms with Crippen molar-refractivity contribution in [3.05, 3.63) is 25.5 Å². The van der Waals surface area contributed by atoms with Crippen molar-refractivity contribution in [3.63, 3.8) is 0 Å². The zero-order chi connectivity index (χ0) is 14.8. The molecule has 0 aromatic carbocycles. The van der Waals surface area contributed by atoms with Gasteiger partial charge in [-0.1, -0.05) is 32.1 Å². The molecule has 3 fully saturated rings. The van der Waals surface area contributed by atoms with Gasteiger partial charge in [0.1, 0.15) is 0 Å². The van der Waals surface area contributed by atoms with Gasteiger partial charge in [0.2, 0.25) is 0 Å². The van der Waals surface area contributed by atoms with E-state index >= 15 is 0 Å². The second-order valence-corrected chi connectivity index (χ2v) is 6.94. The van der Waals surface area contributed by atoms with Crippen molar-refractivity contribution in [1.82, 2.24) is 0 Å². The van der Waals surface area contributed by atoms with Crippen molar-refractivity contribution >= 4 is 0 Å². The first-order chi connectivity index (χ1) is 9.75. The molecule has 0 aromatic heterocycles. The number of hydrogen-bond donors (Lipinski definition) is 0. The van der Waals surface area contributed by atoms with E-state index in [0.29, 0.717) is 0 Å². The summed E-state index contributed by atoms with van der Waals surface area (Å²) >= 11 is 0. The van der Waals surface area contributed by atoms with Crippen molar-refractivity contribution in [1.29, 1.82) is 0 Å². The number of nitrogens with zero attached hydrogens (tertiary/aromatic N) is 2. The molecular formula is C20H42N2Zr. The van der Waals surface area contributed by atoms with E-state index in [1.54, 1.807) is 98.8 Å². The van der Waals surface area contributed by atoms with Gasteiger partial charge in [-0.05, 0) is 55.8 Å². The van der Waals surface area contributed by atoms with Crippen molar-refractivity contribution in [2.24, 2.45) is 17.3 Å². The monoisotopic (exact) mass is 400 g/mol. The Bertz CT molecular complexity index is 210. The molecule has 3 aliphatic carbocycles. The second kappa shape index (κ2) is 16.3. The Morgan fingerprint density at radius 3 is 1.04 bits per heavy atom. The van der Waals surface area contributed by atoms with Crippen molar-refractivity contribution in [2.75, 3.05) is 28.2 Å². The standard InChI is InChI=1S/C14H24.2C2H6N.2CH3.Zr/c1-2-7-12(6-1)14(10-5-11-14)13-8-3-4-9-13;2*1-3-2;;;/h12-13H,1-11H2;2*1-2H3;2*1H3;/q;4*-1;+4. The second-order valence-electron chi connectivity index (χ2n) is 6.94. The summed E-state index contributed by atoms with van der Waals surface area (Å²) in [5.41, 5.74) is 0.882. The average Bonchev–Trinajstić information content (AvgIpc) is 3.02. The van der Waals surface area contributed by atoms with E-state index < -0.39 is 0 Å². The third kappa shape index (κ3) is 8.15. The molecule has 0 N–H and O–H groups in total. The molecular weight excluding hydrogens is 359 g/mol. The molecule has 0 atom stereocenters. The fourth-order valence-electron chi connectivity index (χ4n) is 4.74. The molecule has 0 saturated heterocycles. The molecule has 0 spiro atoms. The Morgan fingerprint density at radius 1 is 0.609 bits per heavy atom. The number of hydrogen-bond acceptors (Lipinski definition) is 0. The van der Waals surface area contributed by atoms with E-state index in [4.69, 9.17) is 0 Å². The summed E-state index contributed by atoms with van der Waals surface area (Å²) in [5, 5.41) is 7.00. The minimum absolute atomic E-state index is 0. The van der Waals surface area contributed by atoms with Crippen LogP contribution in [-0.2, 0) is 26.2 Å². The molecule has 3 rings (SSSR count). The molecule has 0 aromatic rings. The molecule has 0 unspecified atom stereocenters. The van der Waals surface area contributed by atoms with E-state index in [1.807, 2.05) is 0 Å². The minimum Gasteiger partial charge on any atom is -0.668 e. The summed E-state index contributed by atoms with van der Waals surface area (Å²) < 4.78 is 0. The molecule has 3 aliphatic rings. The quantitative estimate of drug-likeness (QED) is 0.462. The largest absolute Gasteiger partial charge is 4.00 e. The van der Waals surface area contributed by atoms with Crippen LogP contribution in [0.5, 0.6) is 0 Å². The van der Waals surface area contributed by atoms with Gasteiger partial charge < -0.3 is 25.5 Å². The summed E-state index contributed by atoms with van der Waals surface area (Å²) in [6.45, 7) is 0. The Kier molecular flexibility index (Phi) is 20.2. The fourth-order valence-corrected chi connectivity index (χ4v) is 4.74. The Balaban J connectivity index is -0.000000396. The first-order valence-electron chi connectivity index (χ1n) is 8.71. The van der Waals surface area contributed by atoms with Crippen LogP contribution in [0.1, 0.15) is 70.6 Å². The van der Waals surface area contributed by atoms with Gasteiger partial charge >= 0.3 is 26.2 Å². The molecule has 3 heteroatoms. The Labute approximate surface area is 167 Å². The van der Waals surface area contributed by atoms with E-state index in [9.17, 15) is 0 Å². The van der Waals surface area contributed by atoms with E-state index in [1.165, 1.54) is 0 Å². The first-order valence-corrected chi connectivity index (χ1v) is 8.71. The minimum atomic E-state index is 0. The number of rotatable bonds is 2. The molecule has 0 heterocycles. The third-order valence-electron chi connectivity index (χ3n) is 5.62. The van der Waals surface area contributed by atoms with Gasteiger partial charge in [-0.2, -0.15) is 28.2 Å². The van der Waals surface area contributed by atoms with Gasteiger partial charge in [0.05, 0.1) is 0 Å². The predicted octanol–water partition coefficient (Wildman–Crippen LogP) is 6.67. The Morgan fingerprint density at radius 2 is 0.870 bits per heavy atom. The fraction of sp³-hybridized carbons (Fsp3) is 0.900. The van der Waals surface area contributed by atoms with Crippen LogP contribution in [0.2, 0.25) is 0 Å². The summed E-state index contributed by atoms with van der Waals surface area (Å²) in [5.74, 6) is 2.30. The van der Waals surface area contributed by atoms with Crippen LogP contribution >= 0.6 is 0 Å². The molecule has 0 amide bonds. The van der Waals surface area contributed by atoms with Crippen LogP contribution in [0.4, 0.5) is 0 Å². The summed E-state index contributed by atoms with van der Waals surface area (Å²) in [7, 11) is 7.00. The van der Waals surface area contributed by atoms with E-state index in [0.717, 1.165) is 17.3 Å². The average molecular weight is 402 g/mol. The first kappa shape index (κ1) is 28.6. The zero-order valence-corrected chi connectivity index (χ0v) is 19.3. The molecule has 3 saturated carbocycles. The summed E-state index contributed by atoms with van der Waals surface area (Å²) in [4.78, 5) is 0. The van der Waals surface area contributed by atoms with Crippen LogP contribution in [-0.4, -0.2) is 28.2 Å². The summed E-state index contributed by atoms with van der Waals surface area (Å²) in [6, 6.07) is 0. The molecule has 23 heavy (non-hydrogen) atoms. The maximum Gasteiger partial charge on any atom is 4.00 e. The zero-order valence-electron chi connectivity index (χ0n) is 16.8. The molecule has 0 aliphatic heterocycles. The van der Waals surface area contributed by atoms with Crippen LogP contribution in [0, 0.1) is 32.1 Å². The third-order valence-corrected chi connectivity index (χ3v) is 5.62. The van der Waals surface area contributed by atoms with Gasteiger partial charge in [0.15, 0.2) is 0 Å². The topological polar surface area (TPSA) is 28.2 Å². The predicted molar refractivity (Wildman–Crippen MR) is 103 cm³/mol. The summed E-state index contributed by atoms with van der Waals surface area (Å²) in [6.07, 6.45) is 17.2. The van der Waals surface area contributed by atoms with Crippen LogP contribution in [0.25, 0.3) is 10.6 Å². The molecule has 0 radical (unpaired) electrons. The maximum atomic E-state index is 3.50. The van der Waals surface area contributed by atoms with Gasteiger partial charge in [-0.25, -0.2) is 0 Å². The van der Waals surface area contributed by atoms with E-state index in [2.05, 4.69) is 10.6 Å². The van der Waals surface area contributed by atoms with Gasteiger partial charge in [-0.15, -0.1) is 0 Å². The normalized spacial score (nSPS) is 21.9. The van der Waals surface area contributed by atoms with Gasteiger partial charge in [0, 0.05) is 0 Å². The smallest absolute Gasteiger partial charge is 0.668 e. The molecule has 0 bridgehead atoms.